The summed E-state index contributed by atoms with van der Waals surface area (Å²) in [7, 11) is 0. The van der Waals surface area contributed by atoms with Gasteiger partial charge >= 0.3 is 0 Å². The Morgan fingerprint density at radius 3 is 3.00 bits per heavy atom. The fourth-order valence-electron chi connectivity index (χ4n) is 0.638. The molecule has 1 aromatic rings. The van der Waals surface area contributed by atoms with Gasteiger partial charge in [-0.3, -0.25) is 0 Å². The Kier molecular flexibility index (Phi) is 0.806. The third-order valence-corrected chi connectivity index (χ3v) is 1.09. The second-order valence-electron chi connectivity index (χ2n) is 2.21. The van der Waals surface area contributed by atoms with Gasteiger partial charge < -0.3 is 4.57 Å². The lowest BCUT2D eigenvalue weighted by molar-refractivity contribution is 0.708. The summed E-state index contributed by atoms with van der Waals surface area (Å²) in [6, 6.07) is 0. The number of aryl methyl sites for hydroxylation is 1. The molecule has 0 N–H and O–H groups in total. The number of hydrogen-bond acceptors (Lipinski definition) is 2. The van der Waals surface area contributed by atoms with Gasteiger partial charge in [0.15, 0.2) is 0 Å². The average molecular weight is 128 g/mol. The van der Waals surface area contributed by atoms with Crippen LogP contribution in [-0.2, 0) is 6.98 Å². The van der Waals surface area contributed by atoms with Crippen molar-refractivity contribution in [3.05, 3.63) is 12.2 Å². The zero-order valence-corrected chi connectivity index (χ0v) is 5.50. The molecule has 3 heteroatoms. The van der Waals surface area contributed by atoms with Gasteiger partial charge in [0.2, 0.25) is 0 Å². The van der Waals surface area contributed by atoms with E-state index in [1.807, 2.05) is 13.8 Å². The Morgan fingerprint density at radius 2 is 2.56 bits per heavy atom. The highest BCUT2D eigenvalue weighted by molar-refractivity contribution is 4.90. The van der Waals surface area contributed by atoms with Crippen molar-refractivity contribution < 1.29 is 4.11 Å². The first-order valence-corrected chi connectivity index (χ1v) is 2.83. The highest BCUT2D eigenvalue weighted by Gasteiger charge is 2.03. The molecule has 0 amide bonds. The maximum Gasteiger partial charge on any atom is 0.135 e. The Bertz CT molecular complexity index is 263. The van der Waals surface area contributed by atoms with E-state index in [2.05, 4.69) is 10.2 Å². The third-order valence-electron chi connectivity index (χ3n) is 1.09. The molecule has 0 fully saturated rings. The topological polar surface area (TPSA) is 30.7 Å². The van der Waals surface area contributed by atoms with Crippen LogP contribution in [-0.4, -0.2) is 14.8 Å². The Balaban J connectivity index is 3.08. The molecule has 0 atom stereocenters. The fraction of sp³-hybridized carbons (Fsp3) is 0.667. The van der Waals surface area contributed by atoms with Gasteiger partial charge in [-0.05, 0) is 0 Å². The minimum absolute atomic E-state index is 0.0768. The average Bonchev–Trinajstić information content (AvgIpc) is 2.30. The minimum Gasteiger partial charge on any atom is -0.321 e. The normalized spacial score (nSPS) is 17.0. The highest BCUT2D eigenvalue weighted by Crippen LogP contribution is 2.07. The first-order valence-electron chi connectivity index (χ1n) is 4.33. The zero-order chi connectivity index (χ0) is 9.35. The van der Waals surface area contributed by atoms with Gasteiger partial charge in [0, 0.05) is 17.0 Å². The predicted molar refractivity (Wildman–Crippen MR) is 35.1 cm³/mol. The van der Waals surface area contributed by atoms with Crippen LogP contribution in [0.4, 0.5) is 0 Å². The quantitative estimate of drug-likeness (QED) is 0.563. The van der Waals surface area contributed by atoms with Crippen molar-refractivity contribution >= 4 is 0 Å². The Labute approximate surface area is 58.9 Å². The Morgan fingerprint density at radius 1 is 1.78 bits per heavy atom. The predicted octanol–water partition coefficient (Wildman–Crippen LogP) is 0.938. The van der Waals surface area contributed by atoms with E-state index in [1.54, 1.807) is 0 Å². The summed E-state index contributed by atoms with van der Waals surface area (Å²) in [5, 5.41) is 7.30. The molecule has 0 unspecified atom stereocenters. The maximum atomic E-state index is 7.14. The van der Waals surface area contributed by atoms with Crippen LogP contribution < -0.4 is 0 Å². The first-order chi connectivity index (χ1) is 5.43. The highest BCUT2D eigenvalue weighted by atomic mass is 15.2. The van der Waals surface area contributed by atoms with Crippen LogP contribution in [0.25, 0.3) is 0 Å². The molecule has 1 aromatic heterocycles. The van der Waals surface area contributed by atoms with Crippen LogP contribution in [0.2, 0.25) is 0 Å². The lowest BCUT2D eigenvalue weighted by Crippen LogP contribution is -1.98. The monoisotopic (exact) mass is 128 g/mol. The van der Waals surface area contributed by atoms with Crippen molar-refractivity contribution in [3.63, 3.8) is 0 Å². The van der Waals surface area contributed by atoms with E-state index < -0.39 is 6.98 Å². The minimum atomic E-state index is -2.16. The molecule has 50 valence electrons. The molecular formula is C6H11N3. The Hall–Kier alpha value is -0.860. The van der Waals surface area contributed by atoms with Crippen molar-refractivity contribution in [2.24, 2.45) is 6.98 Å². The van der Waals surface area contributed by atoms with E-state index in [1.165, 1.54) is 6.33 Å². The van der Waals surface area contributed by atoms with Gasteiger partial charge in [-0.1, -0.05) is 13.8 Å². The molecule has 0 radical (unpaired) electrons. The molecule has 3 nitrogen and oxygen atoms in total. The van der Waals surface area contributed by atoms with E-state index in [9.17, 15) is 0 Å². The second kappa shape index (κ2) is 2.17. The summed E-state index contributed by atoms with van der Waals surface area (Å²) >= 11 is 0. The van der Waals surface area contributed by atoms with Crippen molar-refractivity contribution in [2.75, 3.05) is 0 Å². The van der Waals surface area contributed by atoms with Gasteiger partial charge in [0.25, 0.3) is 0 Å². The summed E-state index contributed by atoms with van der Waals surface area (Å²) in [5.41, 5.74) is 0. The third kappa shape index (κ3) is 1.09. The molecule has 0 aromatic carbocycles. The van der Waals surface area contributed by atoms with Crippen LogP contribution in [0.5, 0.6) is 0 Å². The second-order valence-corrected chi connectivity index (χ2v) is 2.21. The number of hydrogen-bond donors (Lipinski definition) is 0. The lowest BCUT2D eigenvalue weighted by atomic mass is 10.2. The molecule has 0 aliphatic rings. The maximum absolute atomic E-state index is 7.14. The molecule has 1 rings (SSSR count). The SMILES string of the molecule is [2H]C([2H])([2H])n1cnnc1C(C)C. The molecule has 1 heterocycles. The van der Waals surface area contributed by atoms with Crippen LogP contribution in [0.15, 0.2) is 6.33 Å². The molecule has 0 aliphatic carbocycles. The van der Waals surface area contributed by atoms with Gasteiger partial charge in [-0.2, -0.15) is 0 Å². The fourth-order valence-corrected chi connectivity index (χ4v) is 0.638. The molecule has 0 bridgehead atoms. The molecule has 9 heavy (non-hydrogen) atoms. The van der Waals surface area contributed by atoms with Crippen LogP contribution in [0.1, 0.15) is 29.7 Å². The van der Waals surface area contributed by atoms with Gasteiger partial charge in [0.1, 0.15) is 12.2 Å². The number of aromatic nitrogens is 3. The largest absolute Gasteiger partial charge is 0.321 e. The van der Waals surface area contributed by atoms with E-state index >= 15 is 0 Å². The van der Waals surface area contributed by atoms with Crippen LogP contribution >= 0.6 is 0 Å². The van der Waals surface area contributed by atoms with Crippen molar-refractivity contribution in [2.45, 2.75) is 19.8 Å². The van der Waals surface area contributed by atoms with Crippen molar-refractivity contribution in [1.29, 1.82) is 0 Å². The smallest absolute Gasteiger partial charge is 0.135 e. The van der Waals surface area contributed by atoms with Crippen molar-refractivity contribution in [3.8, 4) is 0 Å². The summed E-state index contributed by atoms with van der Waals surface area (Å²) in [4.78, 5) is 0. The molecule has 0 saturated heterocycles. The van der Waals surface area contributed by atoms with Gasteiger partial charge in [0.05, 0.1) is 0 Å². The van der Waals surface area contributed by atoms with Gasteiger partial charge in [-0.15, -0.1) is 10.2 Å². The zero-order valence-electron chi connectivity index (χ0n) is 8.50. The van der Waals surface area contributed by atoms with E-state index in [0.29, 0.717) is 5.82 Å². The van der Waals surface area contributed by atoms with Crippen LogP contribution in [0.3, 0.4) is 0 Å². The van der Waals surface area contributed by atoms with Crippen LogP contribution in [0, 0.1) is 0 Å². The van der Waals surface area contributed by atoms with Crippen molar-refractivity contribution in [1.82, 2.24) is 14.8 Å². The molecule has 0 spiro atoms. The number of nitrogens with zero attached hydrogens (tertiary/aromatic N) is 3. The molecular weight excluding hydrogens is 114 g/mol. The number of rotatable bonds is 1. The molecule has 0 aliphatic heterocycles. The van der Waals surface area contributed by atoms with Gasteiger partial charge in [-0.25, -0.2) is 0 Å². The van der Waals surface area contributed by atoms with E-state index in [4.69, 9.17) is 4.11 Å². The molecule has 0 saturated carbocycles. The van der Waals surface area contributed by atoms with E-state index in [-0.39, 0.29) is 5.92 Å². The summed E-state index contributed by atoms with van der Waals surface area (Å²) in [6.07, 6.45) is 1.24. The summed E-state index contributed by atoms with van der Waals surface area (Å²) in [6.45, 7) is 1.60. The van der Waals surface area contributed by atoms with E-state index in [0.717, 1.165) is 4.57 Å². The lowest BCUT2D eigenvalue weighted by Gasteiger charge is -2.00. The first kappa shape index (κ1) is 3.34. The standard InChI is InChI=1S/C6H11N3/c1-5(2)6-8-7-4-9(6)3/h4-5H,1-3H3/i3D3. The summed E-state index contributed by atoms with van der Waals surface area (Å²) < 4.78 is 22.5. The summed E-state index contributed by atoms with van der Waals surface area (Å²) in [5.74, 6) is 0.572.